The number of nitrogens with zero attached hydrogens (tertiary/aromatic N) is 1. The van der Waals surface area contributed by atoms with Crippen molar-refractivity contribution in [3.8, 4) is 0 Å². The summed E-state index contributed by atoms with van der Waals surface area (Å²) in [5.41, 5.74) is 5.78. The molecular formula is C11H12FN3O3S. The van der Waals surface area contributed by atoms with Crippen molar-refractivity contribution < 1.29 is 17.3 Å². The highest BCUT2D eigenvalue weighted by atomic mass is 32.2. The molecule has 0 atom stereocenters. The van der Waals surface area contributed by atoms with E-state index in [2.05, 4.69) is 9.88 Å². The van der Waals surface area contributed by atoms with Crippen LogP contribution < -0.4 is 10.5 Å². The van der Waals surface area contributed by atoms with Crippen LogP contribution in [0.5, 0.6) is 0 Å². The normalized spacial score (nSPS) is 11.7. The zero-order valence-electron chi connectivity index (χ0n) is 9.84. The van der Waals surface area contributed by atoms with Crippen LogP contribution in [0, 0.1) is 5.82 Å². The van der Waals surface area contributed by atoms with Crippen LogP contribution in [0.15, 0.2) is 39.9 Å². The van der Waals surface area contributed by atoms with Crippen LogP contribution in [0.1, 0.15) is 11.3 Å². The zero-order valence-corrected chi connectivity index (χ0v) is 10.7. The van der Waals surface area contributed by atoms with E-state index in [1.165, 1.54) is 18.3 Å². The molecule has 0 radical (unpaired) electrons. The van der Waals surface area contributed by atoms with Crippen LogP contribution in [0.4, 0.5) is 4.39 Å². The zero-order chi connectivity index (χ0) is 13.9. The molecule has 0 aliphatic heterocycles. The minimum absolute atomic E-state index is 0.00116. The summed E-state index contributed by atoms with van der Waals surface area (Å²) in [5.74, 6) is -0.286. The Bertz CT molecular complexity index is 656. The Morgan fingerprint density at radius 2 is 2.16 bits per heavy atom. The number of aromatic nitrogens is 1. The molecule has 19 heavy (non-hydrogen) atoms. The molecule has 0 aliphatic carbocycles. The molecule has 0 saturated heterocycles. The van der Waals surface area contributed by atoms with Gasteiger partial charge in [0.25, 0.3) is 0 Å². The Balaban J connectivity index is 2.26. The number of nitrogens with two attached hydrogens (primary N) is 1. The van der Waals surface area contributed by atoms with Crippen LogP contribution in [0.3, 0.4) is 0 Å². The summed E-state index contributed by atoms with van der Waals surface area (Å²) < 4.78 is 44.4. The Labute approximate surface area is 109 Å². The fourth-order valence-corrected chi connectivity index (χ4v) is 2.78. The Morgan fingerprint density at radius 3 is 2.79 bits per heavy atom. The molecule has 3 N–H and O–H groups in total. The first-order chi connectivity index (χ1) is 9.03. The molecule has 0 aliphatic rings. The number of hydrogen-bond acceptors (Lipinski definition) is 5. The topological polar surface area (TPSA) is 98.2 Å². The quantitative estimate of drug-likeness (QED) is 0.844. The molecule has 2 rings (SSSR count). The van der Waals surface area contributed by atoms with Crippen molar-refractivity contribution in [2.45, 2.75) is 18.0 Å². The van der Waals surface area contributed by atoms with Gasteiger partial charge in [-0.1, -0.05) is 11.2 Å². The first-order valence-electron chi connectivity index (χ1n) is 5.40. The summed E-state index contributed by atoms with van der Waals surface area (Å²) in [7, 11) is -3.86. The Morgan fingerprint density at radius 1 is 1.37 bits per heavy atom. The predicted molar refractivity (Wildman–Crippen MR) is 64.8 cm³/mol. The van der Waals surface area contributed by atoms with Gasteiger partial charge in [0.1, 0.15) is 5.82 Å². The van der Waals surface area contributed by atoms with Gasteiger partial charge in [0.2, 0.25) is 10.0 Å². The number of halogens is 1. The number of hydrogen-bond donors (Lipinski definition) is 2. The van der Waals surface area contributed by atoms with Gasteiger partial charge in [-0.3, -0.25) is 0 Å². The molecule has 1 aromatic carbocycles. The summed E-state index contributed by atoms with van der Waals surface area (Å²) in [6, 6.07) is 4.97. The third-order valence-electron chi connectivity index (χ3n) is 2.47. The fraction of sp³-hybridized carbons (Fsp3) is 0.182. The third-order valence-corrected chi connectivity index (χ3v) is 3.95. The van der Waals surface area contributed by atoms with Gasteiger partial charge in [-0.25, -0.2) is 17.5 Å². The molecule has 6 nitrogen and oxygen atoms in total. The van der Waals surface area contributed by atoms with Crippen LogP contribution in [0.2, 0.25) is 0 Å². The van der Waals surface area contributed by atoms with E-state index >= 15 is 0 Å². The van der Waals surface area contributed by atoms with E-state index in [9.17, 15) is 12.8 Å². The van der Waals surface area contributed by atoms with Crippen molar-refractivity contribution in [1.29, 1.82) is 0 Å². The van der Waals surface area contributed by atoms with Crippen molar-refractivity contribution in [2.75, 3.05) is 0 Å². The minimum atomic E-state index is -3.86. The lowest BCUT2D eigenvalue weighted by Crippen LogP contribution is -2.24. The summed E-state index contributed by atoms with van der Waals surface area (Å²) in [6.07, 6.45) is 1.40. The molecule has 0 spiro atoms. The van der Waals surface area contributed by atoms with E-state index in [-0.39, 0.29) is 18.0 Å². The van der Waals surface area contributed by atoms with Crippen molar-refractivity contribution in [3.63, 3.8) is 0 Å². The minimum Gasteiger partial charge on any atom is -0.360 e. The first-order valence-corrected chi connectivity index (χ1v) is 6.89. The lowest BCUT2D eigenvalue weighted by molar-refractivity contribution is 0.380. The van der Waals surface area contributed by atoms with E-state index in [1.54, 1.807) is 0 Å². The molecule has 0 saturated carbocycles. The van der Waals surface area contributed by atoms with Crippen molar-refractivity contribution in [1.82, 2.24) is 9.88 Å². The van der Waals surface area contributed by atoms with E-state index in [0.29, 0.717) is 11.3 Å². The van der Waals surface area contributed by atoms with Crippen LogP contribution in [-0.2, 0) is 23.1 Å². The monoisotopic (exact) mass is 285 g/mol. The smallest absolute Gasteiger partial charge is 0.241 e. The van der Waals surface area contributed by atoms with Gasteiger partial charge >= 0.3 is 0 Å². The molecule has 102 valence electrons. The second-order valence-corrected chi connectivity index (χ2v) is 5.49. The van der Waals surface area contributed by atoms with Crippen molar-refractivity contribution >= 4 is 10.0 Å². The third kappa shape index (κ3) is 3.16. The van der Waals surface area contributed by atoms with Gasteiger partial charge in [-0.2, -0.15) is 0 Å². The van der Waals surface area contributed by atoms with Gasteiger partial charge < -0.3 is 10.3 Å². The number of sulfonamides is 1. The van der Waals surface area contributed by atoms with Gasteiger partial charge in [0.15, 0.2) is 5.76 Å². The van der Waals surface area contributed by atoms with Crippen molar-refractivity contribution in [3.05, 3.63) is 47.6 Å². The van der Waals surface area contributed by atoms with E-state index in [4.69, 9.17) is 10.3 Å². The lowest BCUT2D eigenvalue weighted by atomic mass is 10.2. The van der Waals surface area contributed by atoms with E-state index in [0.717, 1.165) is 12.1 Å². The maximum atomic E-state index is 13.2. The molecule has 1 heterocycles. The predicted octanol–water partition coefficient (Wildman–Crippen LogP) is 0.751. The molecule has 2 aromatic rings. The highest BCUT2D eigenvalue weighted by molar-refractivity contribution is 7.89. The largest absolute Gasteiger partial charge is 0.360 e. The second-order valence-electron chi connectivity index (χ2n) is 3.76. The molecule has 0 amide bonds. The molecule has 1 aromatic heterocycles. The lowest BCUT2D eigenvalue weighted by Gasteiger charge is -2.09. The first kappa shape index (κ1) is 13.7. The molecule has 0 fully saturated rings. The van der Waals surface area contributed by atoms with Gasteiger partial charge in [0.05, 0.1) is 17.6 Å². The molecule has 0 unspecified atom stereocenters. The maximum absolute atomic E-state index is 13.2. The summed E-state index contributed by atoms with van der Waals surface area (Å²) >= 11 is 0. The SMILES string of the molecule is NCc1ccc(F)cc1S(=O)(=O)NCc1ccno1. The molecular weight excluding hydrogens is 273 g/mol. The van der Waals surface area contributed by atoms with Gasteiger partial charge in [0, 0.05) is 12.6 Å². The van der Waals surface area contributed by atoms with Crippen molar-refractivity contribution in [2.24, 2.45) is 5.73 Å². The summed E-state index contributed by atoms with van der Waals surface area (Å²) in [6.45, 7) is -0.0678. The highest BCUT2D eigenvalue weighted by Gasteiger charge is 2.19. The summed E-state index contributed by atoms with van der Waals surface area (Å²) in [5, 5.41) is 3.45. The Hall–Kier alpha value is -1.77. The van der Waals surface area contributed by atoms with Gasteiger partial charge in [-0.15, -0.1) is 0 Å². The maximum Gasteiger partial charge on any atom is 0.241 e. The average molecular weight is 285 g/mol. The average Bonchev–Trinajstić information content (AvgIpc) is 2.89. The standard InChI is InChI=1S/C11H12FN3O3S/c12-9-2-1-8(6-13)11(5-9)19(16,17)15-7-10-3-4-14-18-10/h1-5,15H,6-7,13H2. The Kier molecular flexibility index (Phi) is 3.93. The van der Waals surface area contributed by atoms with Gasteiger partial charge in [-0.05, 0) is 17.7 Å². The number of benzene rings is 1. The second kappa shape index (κ2) is 5.47. The molecule has 8 heteroatoms. The fourth-order valence-electron chi connectivity index (χ4n) is 1.52. The summed E-state index contributed by atoms with van der Waals surface area (Å²) in [4.78, 5) is -0.172. The number of nitrogens with one attached hydrogen (secondary N) is 1. The van der Waals surface area contributed by atoms with E-state index < -0.39 is 15.8 Å². The van der Waals surface area contributed by atoms with Crippen LogP contribution in [0.25, 0.3) is 0 Å². The van der Waals surface area contributed by atoms with E-state index in [1.807, 2.05) is 0 Å². The van der Waals surface area contributed by atoms with Crippen LogP contribution >= 0.6 is 0 Å². The van der Waals surface area contributed by atoms with Crippen LogP contribution in [-0.4, -0.2) is 13.6 Å². The number of rotatable bonds is 5. The molecule has 0 bridgehead atoms. The highest BCUT2D eigenvalue weighted by Crippen LogP contribution is 2.17.